The van der Waals surface area contributed by atoms with Crippen molar-refractivity contribution in [2.75, 3.05) is 0 Å². The molecule has 0 spiro atoms. The van der Waals surface area contributed by atoms with E-state index < -0.39 is 0 Å². The van der Waals surface area contributed by atoms with Gasteiger partial charge in [-0.15, -0.1) is 0 Å². The summed E-state index contributed by atoms with van der Waals surface area (Å²) in [5.41, 5.74) is 15.2. The van der Waals surface area contributed by atoms with Crippen molar-refractivity contribution in [3.63, 3.8) is 0 Å². The Balaban J connectivity index is 1.32. The highest BCUT2D eigenvalue weighted by atomic mass is 16.3. The van der Waals surface area contributed by atoms with Gasteiger partial charge in [0.05, 0.1) is 18.0 Å². The van der Waals surface area contributed by atoms with Crippen LogP contribution in [0.5, 0.6) is 0 Å². The third-order valence-corrected chi connectivity index (χ3v) is 11.8. The topological polar surface area (TPSA) is 47.2 Å². The van der Waals surface area contributed by atoms with E-state index >= 15 is 0 Å². The third kappa shape index (κ3) is 5.25. The van der Waals surface area contributed by atoms with Crippen molar-refractivity contribution in [3.05, 3.63) is 169 Å². The summed E-state index contributed by atoms with van der Waals surface area (Å²) in [6.07, 6.45) is 8.27. The standard InChI is InChI=1S/C50H43N4O/c1-6-41-36-17-11-10-16-35(36)37-23-20-33-21-24-39-38-18-12-13-19-46(38)55-48(39)47(33)49-53(31(2)28-42(37)52-41)44-26-27-51-30-45(44)54(49)43-25-22-34(29-40(43)50(3,4)5)32-14-8-7-9-15-32/h6-19,21-22,24-27,29-30,37,42H,1-2,20,23,28H2,3-5H3/q+1. The predicted molar refractivity (Wildman–Crippen MR) is 226 cm³/mol. The molecular formula is C50H43N4O+. The minimum Gasteiger partial charge on any atom is -0.455 e. The molecule has 2 unspecified atom stereocenters. The first-order valence-electron chi connectivity index (χ1n) is 19.3. The van der Waals surface area contributed by atoms with Gasteiger partial charge in [0, 0.05) is 46.5 Å². The number of allylic oxidation sites excluding steroid dienone is 1. The van der Waals surface area contributed by atoms with Crippen molar-refractivity contribution >= 4 is 44.4 Å². The number of furan rings is 1. The van der Waals surface area contributed by atoms with E-state index in [-0.39, 0.29) is 17.4 Å². The Morgan fingerprint density at radius 1 is 0.855 bits per heavy atom. The first-order valence-corrected chi connectivity index (χ1v) is 19.3. The Bertz CT molecular complexity index is 2880. The smallest absolute Gasteiger partial charge is 0.304 e. The summed E-state index contributed by atoms with van der Waals surface area (Å²) in [4.78, 5) is 10.2. The quantitative estimate of drug-likeness (QED) is 0.171. The van der Waals surface area contributed by atoms with Gasteiger partial charge in [-0.2, -0.15) is 9.13 Å². The molecule has 0 saturated heterocycles. The molecule has 5 heterocycles. The fraction of sp³-hybridized carbons (Fsp3) is 0.180. The van der Waals surface area contributed by atoms with Crippen molar-refractivity contribution in [3.8, 4) is 28.2 Å². The maximum absolute atomic E-state index is 6.96. The molecule has 8 aromatic rings. The molecule has 55 heavy (non-hydrogen) atoms. The molecule has 0 saturated carbocycles. The zero-order valence-corrected chi connectivity index (χ0v) is 31.6. The number of imidazole rings is 1. The van der Waals surface area contributed by atoms with Crippen LogP contribution in [0.15, 0.2) is 156 Å². The summed E-state index contributed by atoms with van der Waals surface area (Å²) in [5, 5.41) is 2.22. The molecule has 0 radical (unpaired) electrons. The molecule has 0 bridgehead atoms. The van der Waals surface area contributed by atoms with E-state index in [2.05, 4.69) is 152 Å². The SMILES string of the molecule is C=CC1=NC2CC(=C)[n+]3c(n(-c4ccc(-c5ccccc5)cc4C(C)(C)C)c4cnccc43)-c3c(ccc4c3oc3ccccc34)CCC2c2ccccc21. The summed E-state index contributed by atoms with van der Waals surface area (Å²) >= 11 is 0. The van der Waals surface area contributed by atoms with Crippen LogP contribution in [0.1, 0.15) is 61.8 Å². The number of fused-ring (bicyclic) bond motifs is 12. The van der Waals surface area contributed by atoms with E-state index in [4.69, 9.17) is 21.0 Å². The van der Waals surface area contributed by atoms with E-state index in [1.807, 2.05) is 18.5 Å². The second-order valence-electron chi connectivity index (χ2n) is 16.1. The lowest BCUT2D eigenvalue weighted by Crippen LogP contribution is -2.38. The number of hydrogen-bond acceptors (Lipinski definition) is 3. The zero-order valence-electron chi connectivity index (χ0n) is 31.6. The minimum absolute atomic E-state index is 0.00256. The van der Waals surface area contributed by atoms with Crippen molar-refractivity contribution < 1.29 is 8.98 Å². The molecule has 5 aromatic carbocycles. The molecule has 5 nitrogen and oxygen atoms in total. The van der Waals surface area contributed by atoms with Crippen LogP contribution in [0.4, 0.5) is 0 Å². The number of aryl methyl sites for hydroxylation is 1. The molecular weight excluding hydrogens is 673 g/mol. The Hall–Kier alpha value is -6.33. The fourth-order valence-corrected chi connectivity index (χ4v) is 9.22. The van der Waals surface area contributed by atoms with Gasteiger partial charge >= 0.3 is 5.82 Å². The highest BCUT2D eigenvalue weighted by Crippen LogP contribution is 2.45. The average Bonchev–Trinajstić information content (AvgIpc) is 3.76. The molecule has 10 rings (SSSR count). The van der Waals surface area contributed by atoms with Gasteiger partial charge in [0.15, 0.2) is 16.6 Å². The molecule has 5 heteroatoms. The van der Waals surface area contributed by atoms with Crippen molar-refractivity contribution in [2.45, 2.75) is 57.4 Å². The van der Waals surface area contributed by atoms with Crippen LogP contribution in [0.25, 0.3) is 66.9 Å². The Morgan fingerprint density at radius 3 is 2.49 bits per heavy atom. The predicted octanol–water partition coefficient (Wildman–Crippen LogP) is 11.8. The second-order valence-corrected chi connectivity index (χ2v) is 16.1. The lowest BCUT2D eigenvalue weighted by molar-refractivity contribution is -0.542. The summed E-state index contributed by atoms with van der Waals surface area (Å²) in [6.45, 7) is 16.0. The third-order valence-electron chi connectivity index (χ3n) is 11.8. The number of rotatable bonds is 3. The second kappa shape index (κ2) is 12.6. The number of hydrogen-bond donors (Lipinski definition) is 0. The van der Waals surface area contributed by atoms with Gasteiger partial charge in [-0.25, -0.2) is 0 Å². The number of aromatic nitrogens is 3. The molecule has 2 aliphatic heterocycles. The lowest BCUT2D eigenvalue weighted by atomic mass is 9.78. The molecule has 268 valence electrons. The fourth-order valence-electron chi connectivity index (χ4n) is 9.22. The van der Waals surface area contributed by atoms with E-state index in [0.717, 1.165) is 74.3 Å². The van der Waals surface area contributed by atoms with Crippen molar-refractivity contribution in [1.29, 1.82) is 0 Å². The highest BCUT2D eigenvalue weighted by molar-refractivity contribution is 6.11. The van der Waals surface area contributed by atoms with E-state index in [1.54, 1.807) is 0 Å². The van der Waals surface area contributed by atoms with Crippen LogP contribution in [0, 0.1) is 0 Å². The number of pyridine rings is 1. The number of benzene rings is 5. The van der Waals surface area contributed by atoms with Crippen molar-refractivity contribution in [1.82, 2.24) is 9.55 Å². The number of aliphatic imine (C=N–C) groups is 1. The largest absolute Gasteiger partial charge is 0.455 e. The van der Waals surface area contributed by atoms with Gasteiger partial charge in [-0.3, -0.25) is 9.98 Å². The van der Waals surface area contributed by atoms with Crippen molar-refractivity contribution in [2.24, 2.45) is 4.99 Å². The van der Waals surface area contributed by atoms with Crippen LogP contribution < -0.4 is 4.57 Å². The van der Waals surface area contributed by atoms with Gasteiger partial charge in [-0.1, -0.05) is 125 Å². The Kier molecular flexibility index (Phi) is 7.64. The van der Waals surface area contributed by atoms with Gasteiger partial charge in [-0.05, 0) is 64.8 Å². The highest BCUT2D eigenvalue weighted by Gasteiger charge is 2.40. The number of nitrogens with zero attached hydrogens (tertiary/aromatic N) is 4. The van der Waals surface area contributed by atoms with Gasteiger partial charge in [0.1, 0.15) is 22.5 Å². The Morgan fingerprint density at radius 2 is 1.65 bits per heavy atom. The lowest BCUT2D eigenvalue weighted by Gasteiger charge is -2.32. The van der Waals surface area contributed by atoms with Gasteiger partial charge < -0.3 is 4.42 Å². The first-order chi connectivity index (χ1) is 26.8. The molecule has 2 aliphatic rings. The van der Waals surface area contributed by atoms with Crippen LogP contribution in [0.3, 0.4) is 0 Å². The molecule has 0 N–H and O–H groups in total. The molecule has 3 aromatic heterocycles. The molecule has 0 amide bonds. The number of para-hydroxylation sites is 1. The monoisotopic (exact) mass is 715 g/mol. The summed E-state index contributed by atoms with van der Waals surface area (Å²) in [5.74, 6) is 1.24. The summed E-state index contributed by atoms with van der Waals surface area (Å²) in [6, 6.07) is 41.4. The van der Waals surface area contributed by atoms with Gasteiger partial charge in [0.2, 0.25) is 0 Å². The summed E-state index contributed by atoms with van der Waals surface area (Å²) < 4.78 is 11.8. The maximum atomic E-state index is 6.96. The minimum atomic E-state index is -0.184. The van der Waals surface area contributed by atoms with Gasteiger partial charge in [0.25, 0.3) is 0 Å². The molecule has 2 atom stereocenters. The first kappa shape index (κ1) is 33.3. The van der Waals surface area contributed by atoms with E-state index in [1.165, 1.54) is 33.4 Å². The maximum Gasteiger partial charge on any atom is 0.304 e. The zero-order chi connectivity index (χ0) is 37.4. The normalized spacial score (nSPS) is 17.0. The average molecular weight is 716 g/mol. The molecule has 0 aliphatic carbocycles. The molecule has 0 fully saturated rings. The summed E-state index contributed by atoms with van der Waals surface area (Å²) in [7, 11) is 0. The Labute approximate surface area is 321 Å². The van der Waals surface area contributed by atoms with E-state index in [9.17, 15) is 0 Å². The van der Waals surface area contributed by atoms with E-state index in [0.29, 0.717) is 6.42 Å². The van der Waals surface area contributed by atoms with Crippen LogP contribution >= 0.6 is 0 Å². The van der Waals surface area contributed by atoms with Crippen LogP contribution in [-0.2, 0) is 11.8 Å². The van der Waals surface area contributed by atoms with Crippen LogP contribution in [-0.4, -0.2) is 21.3 Å². The van der Waals surface area contributed by atoms with Crippen LogP contribution in [0.2, 0.25) is 0 Å².